The summed E-state index contributed by atoms with van der Waals surface area (Å²) in [5.41, 5.74) is 1.80. The Morgan fingerprint density at radius 3 is 2.50 bits per heavy atom. The lowest BCUT2D eigenvalue weighted by Gasteiger charge is -2.27. The summed E-state index contributed by atoms with van der Waals surface area (Å²) in [7, 11) is 0. The number of carbonyl (C=O) groups excluding carboxylic acids is 2. The maximum atomic E-state index is 13.7. The standard InChI is InChI=1S/C30H26ClN3O6/c1-3-13-32(30(37)22-10-11-25(31)26(15-22)34(38)39)18-28(35)33(16-21-7-5-4-6-8-21)17-23-19-40-27-12-9-20(2)14-24(27)29(23)36/h3-12,14-15,19H,1,13,16-18H2,2H3. The fourth-order valence-electron chi connectivity index (χ4n) is 4.24. The lowest BCUT2D eigenvalue weighted by Crippen LogP contribution is -2.43. The van der Waals surface area contributed by atoms with Crippen LogP contribution in [0.5, 0.6) is 0 Å². The van der Waals surface area contributed by atoms with E-state index in [4.69, 9.17) is 16.0 Å². The number of hydrogen-bond acceptors (Lipinski definition) is 6. The van der Waals surface area contributed by atoms with Crippen LogP contribution in [0.25, 0.3) is 11.0 Å². The lowest BCUT2D eigenvalue weighted by molar-refractivity contribution is -0.384. The number of carbonyl (C=O) groups is 2. The van der Waals surface area contributed by atoms with E-state index in [2.05, 4.69) is 6.58 Å². The average molecular weight is 560 g/mol. The third-order valence-corrected chi connectivity index (χ3v) is 6.60. The maximum Gasteiger partial charge on any atom is 0.288 e. The van der Waals surface area contributed by atoms with Gasteiger partial charge in [0.05, 0.1) is 28.7 Å². The van der Waals surface area contributed by atoms with Crippen molar-refractivity contribution >= 4 is 40.1 Å². The molecule has 0 atom stereocenters. The first-order chi connectivity index (χ1) is 19.2. The highest BCUT2D eigenvalue weighted by Crippen LogP contribution is 2.26. The molecule has 0 N–H and O–H groups in total. The number of fused-ring (bicyclic) bond motifs is 1. The van der Waals surface area contributed by atoms with Crippen molar-refractivity contribution in [2.45, 2.75) is 20.0 Å². The number of aryl methyl sites for hydroxylation is 1. The molecular formula is C30H26ClN3O6. The van der Waals surface area contributed by atoms with Gasteiger partial charge in [0, 0.05) is 24.7 Å². The zero-order chi connectivity index (χ0) is 28.8. The number of nitrogens with zero attached hydrogens (tertiary/aromatic N) is 3. The molecule has 9 nitrogen and oxygen atoms in total. The molecule has 0 aliphatic rings. The molecule has 0 spiro atoms. The molecule has 0 unspecified atom stereocenters. The highest BCUT2D eigenvalue weighted by Gasteiger charge is 2.25. The second-order valence-corrected chi connectivity index (χ2v) is 9.63. The Morgan fingerprint density at radius 2 is 1.80 bits per heavy atom. The Balaban J connectivity index is 1.65. The van der Waals surface area contributed by atoms with Crippen molar-refractivity contribution in [1.29, 1.82) is 0 Å². The molecule has 0 bridgehead atoms. The molecule has 0 saturated heterocycles. The lowest BCUT2D eigenvalue weighted by atomic mass is 10.1. The minimum absolute atomic E-state index is 0.00547. The van der Waals surface area contributed by atoms with Gasteiger partial charge in [0.15, 0.2) is 5.43 Å². The van der Waals surface area contributed by atoms with Gasteiger partial charge in [0.25, 0.3) is 11.6 Å². The topological polar surface area (TPSA) is 114 Å². The molecule has 3 aromatic carbocycles. The number of nitro benzene ring substituents is 1. The zero-order valence-electron chi connectivity index (χ0n) is 21.7. The van der Waals surface area contributed by atoms with Crippen molar-refractivity contribution < 1.29 is 18.9 Å². The van der Waals surface area contributed by atoms with Crippen molar-refractivity contribution in [3.05, 3.63) is 133 Å². The second-order valence-electron chi connectivity index (χ2n) is 9.22. The Morgan fingerprint density at radius 1 is 1.05 bits per heavy atom. The summed E-state index contributed by atoms with van der Waals surface area (Å²) < 4.78 is 5.68. The number of nitro groups is 1. The molecule has 4 rings (SSSR count). The van der Waals surface area contributed by atoms with Crippen LogP contribution in [0.1, 0.15) is 27.0 Å². The van der Waals surface area contributed by atoms with Gasteiger partial charge in [-0.25, -0.2) is 0 Å². The summed E-state index contributed by atoms with van der Waals surface area (Å²) >= 11 is 5.90. The van der Waals surface area contributed by atoms with E-state index < -0.39 is 22.4 Å². The highest BCUT2D eigenvalue weighted by atomic mass is 35.5. The molecule has 4 aromatic rings. The first-order valence-electron chi connectivity index (χ1n) is 12.3. The van der Waals surface area contributed by atoms with Gasteiger partial charge < -0.3 is 14.2 Å². The van der Waals surface area contributed by atoms with Gasteiger partial charge in [0.2, 0.25) is 5.91 Å². The molecule has 2 amide bonds. The van der Waals surface area contributed by atoms with Crippen LogP contribution in [-0.4, -0.2) is 39.6 Å². The van der Waals surface area contributed by atoms with Crippen molar-refractivity contribution in [2.24, 2.45) is 0 Å². The largest absolute Gasteiger partial charge is 0.464 e. The molecule has 1 aromatic heterocycles. The molecule has 0 aliphatic heterocycles. The van der Waals surface area contributed by atoms with E-state index in [-0.39, 0.29) is 47.8 Å². The Kier molecular flexibility index (Phi) is 8.76. The van der Waals surface area contributed by atoms with Gasteiger partial charge in [0.1, 0.15) is 17.2 Å². The van der Waals surface area contributed by atoms with Gasteiger partial charge in [-0.1, -0.05) is 59.6 Å². The van der Waals surface area contributed by atoms with Gasteiger partial charge >= 0.3 is 0 Å². The molecule has 204 valence electrons. The summed E-state index contributed by atoms with van der Waals surface area (Å²) in [5, 5.41) is 11.6. The highest BCUT2D eigenvalue weighted by molar-refractivity contribution is 6.32. The number of hydrogen-bond donors (Lipinski definition) is 0. The predicted molar refractivity (Wildman–Crippen MR) is 152 cm³/mol. The fourth-order valence-corrected chi connectivity index (χ4v) is 4.43. The fraction of sp³-hybridized carbons (Fsp3) is 0.167. The summed E-state index contributed by atoms with van der Waals surface area (Å²) in [4.78, 5) is 53.6. The monoisotopic (exact) mass is 559 g/mol. The quantitative estimate of drug-likeness (QED) is 0.144. The number of halogens is 1. The Bertz CT molecular complexity index is 1650. The van der Waals surface area contributed by atoms with Crippen molar-refractivity contribution in [3.63, 3.8) is 0 Å². The third kappa shape index (κ3) is 6.44. The van der Waals surface area contributed by atoms with E-state index in [1.807, 2.05) is 43.3 Å². The van der Waals surface area contributed by atoms with Crippen molar-refractivity contribution in [3.8, 4) is 0 Å². The first kappa shape index (κ1) is 28.3. The molecule has 0 aliphatic carbocycles. The van der Waals surface area contributed by atoms with Crippen LogP contribution in [0.2, 0.25) is 5.02 Å². The third-order valence-electron chi connectivity index (χ3n) is 6.28. The molecule has 0 radical (unpaired) electrons. The van der Waals surface area contributed by atoms with Crippen LogP contribution in [0.4, 0.5) is 5.69 Å². The molecule has 1 heterocycles. The summed E-state index contributed by atoms with van der Waals surface area (Å²) in [6, 6.07) is 18.3. The molecule has 0 saturated carbocycles. The first-order valence-corrected chi connectivity index (χ1v) is 12.7. The van der Waals surface area contributed by atoms with E-state index in [1.54, 1.807) is 12.1 Å². The minimum Gasteiger partial charge on any atom is -0.464 e. The van der Waals surface area contributed by atoms with Gasteiger partial charge in [-0.3, -0.25) is 24.5 Å². The van der Waals surface area contributed by atoms with Crippen molar-refractivity contribution in [2.75, 3.05) is 13.1 Å². The minimum atomic E-state index is -0.680. The zero-order valence-corrected chi connectivity index (χ0v) is 22.5. The molecular weight excluding hydrogens is 534 g/mol. The Hall–Kier alpha value is -4.76. The van der Waals surface area contributed by atoms with Crippen LogP contribution in [0, 0.1) is 17.0 Å². The smallest absolute Gasteiger partial charge is 0.288 e. The van der Waals surface area contributed by atoms with E-state index in [1.165, 1.54) is 34.3 Å². The Labute approximate surface area is 235 Å². The van der Waals surface area contributed by atoms with Crippen LogP contribution < -0.4 is 5.43 Å². The van der Waals surface area contributed by atoms with Gasteiger partial charge in [-0.2, -0.15) is 0 Å². The van der Waals surface area contributed by atoms with Crippen LogP contribution in [0.3, 0.4) is 0 Å². The summed E-state index contributed by atoms with van der Waals surface area (Å²) in [6.45, 7) is 5.32. The van der Waals surface area contributed by atoms with Crippen LogP contribution in [-0.2, 0) is 17.9 Å². The molecule has 10 heteroatoms. The van der Waals surface area contributed by atoms with E-state index in [0.717, 1.165) is 17.2 Å². The molecule has 40 heavy (non-hydrogen) atoms. The number of amides is 2. The normalized spacial score (nSPS) is 10.8. The molecule has 0 fully saturated rings. The van der Waals surface area contributed by atoms with Crippen LogP contribution >= 0.6 is 11.6 Å². The van der Waals surface area contributed by atoms with Crippen LogP contribution in [0.15, 0.2) is 94.9 Å². The second kappa shape index (κ2) is 12.4. The van der Waals surface area contributed by atoms with Gasteiger partial charge in [-0.15, -0.1) is 6.58 Å². The predicted octanol–water partition coefficient (Wildman–Crippen LogP) is 5.52. The average Bonchev–Trinajstić information content (AvgIpc) is 2.94. The summed E-state index contributed by atoms with van der Waals surface area (Å²) in [5.74, 6) is -1.04. The van der Waals surface area contributed by atoms with Gasteiger partial charge in [-0.05, 0) is 36.8 Å². The van der Waals surface area contributed by atoms with E-state index in [9.17, 15) is 24.5 Å². The van der Waals surface area contributed by atoms with E-state index >= 15 is 0 Å². The van der Waals surface area contributed by atoms with Crippen molar-refractivity contribution in [1.82, 2.24) is 9.80 Å². The van der Waals surface area contributed by atoms with E-state index in [0.29, 0.717) is 11.0 Å². The SMILES string of the molecule is C=CCN(CC(=O)N(Cc1ccccc1)Cc1coc2ccc(C)cc2c1=O)C(=O)c1ccc(Cl)c([N+](=O)[O-])c1. The maximum absolute atomic E-state index is 13.7. The number of benzene rings is 3. The number of rotatable bonds is 10. The summed E-state index contributed by atoms with van der Waals surface area (Å²) in [6.07, 6.45) is 2.81.